The Labute approximate surface area is 119 Å². The van der Waals surface area contributed by atoms with E-state index in [2.05, 4.69) is 33.4 Å². The van der Waals surface area contributed by atoms with Crippen molar-refractivity contribution >= 4 is 18.3 Å². The van der Waals surface area contributed by atoms with Crippen LogP contribution in [0, 0.1) is 28.4 Å². The number of nitrogens with zero attached hydrogens (tertiary/aromatic N) is 1. The molecule has 0 aliphatic carbocycles. The molecule has 0 radical (unpaired) electrons. The van der Waals surface area contributed by atoms with Crippen molar-refractivity contribution < 1.29 is 9.66 Å². The van der Waals surface area contributed by atoms with Crippen LogP contribution in [0.5, 0.6) is 5.75 Å². The van der Waals surface area contributed by atoms with Crippen molar-refractivity contribution in [3.8, 4) is 5.75 Å². The minimum atomic E-state index is -0.391. The number of para-hydroxylation sites is 1. The maximum atomic E-state index is 11.1. The molecule has 1 unspecified atom stereocenters. The van der Waals surface area contributed by atoms with E-state index in [0.717, 1.165) is 0 Å². The molecule has 0 saturated heterocycles. The fraction of sp³-hybridized carbons (Fsp3) is 0.571. The number of benzene rings is 1. The van der Waals surface area contributed by atoms with Crippen molar-refractivity contribution in [2.24, 2.45) is 11.3 Å². The Bertz CT molecular complexity index is 454. The Morgan fingerprint density at radius 2 is 2.05 bits per heavy atom. The van der Waals surface area contributed by atoms with Crippen molar-refractivity contribution in [3.63, 3.8) is 0 Å². The third kappa shape index (κ3) is 4.13. The van der Waals surface area contributed by atoms with E-state index >= 15 is 0 Å². The molecule has 0 saturated carbocycles. The Kier molecular flexibility index (Phi) is 5.23. The van der Waals surface area contributed by atoms with Crippen molar-refractivity contribution in [3.05, 3.63) is 33.9 Å². The average Bonchev–Trinajstić information content (AvgIpc) is 2.27. The van der Waals surface area contributed by atoms with Gasteiger partial charge in [-0.15, -0.1) is 0 Å². The number of rotatable bonds is 5. The lowest BCUT2D eigenvalue weighted by Gasteiger charge is -2.29. The first-order valence-electron chi connectivity index (χ1n) is 6.25. The number of nitro groups is 1. The van der Waals surface area contributed by atoms with Crippen LogP contribution in [-0.4, -0.2) is 17.3 Å². The van der Waals surface area contributed by atoms with Gasteiger partial charge in [-0.05, 0) is 24.2 Å². The zero-order valence-electron chi connectivity index (χ0n) is 11.8. The molecule has 0 fully saturated rings. The van der Waals surface area contributed by atoms with E-state index in [-0.39, 0.29) is 17.0 Å². The molecule has 0 aliphatic rings. The molecule has 1 atom stereocenters. The minimum absolute atomic E-state index is 0.0503. The Morgan fingerprint density at radius 3 is 2.53 bits per heavy atom. The van der Waals surface area contributed by atoms with Gasteiger partial charge < -0.3 is 4.74 Å². The molecule has 1 aromatic carbocycles. The van der Waals surface area contributed by atoms with E-state index in [1.165, 1.54) is 0 Å². The lowest BCUT2D eigenvalue weighted by atomic mass is 9.82. The van der Waals surface area contributed by atoms with Crippen molar-refractivity contribution in [2.75, 3.05) is 12.4 Å². The number of hydrogen-bond acceptors (Lipinski definition) is 4. The second-order valence-corrected chi connectivity index (χ2v) is 6.10. The second kappa shape index (κ2) is 6.28. The molecule has 19 heavy (non-hydrogen) atoms. The summed E-state index contributed by atoms with van der Waals surface area (Å²) in [5, 5.41) is 11.1. The Hall–Kier alpha value is -1.23. The largest absolute Gasteiger partial charge is 0.486 e. The lowest BCUT2D eigenvalue weighted by molar-refractivity contribution is -0.386. The van der Waals surface area contributed by atoms with E-state index in [9.17, 15) is 10.1 Å². The average molecular weight is 283 g/mol. The van der Waals surface area contributed by atoms with E-state index in [0.29, 0.717) is 23.7 Å². The summed E-state index contributed by atoms with van der Waals surface area (Å²) in [4.78, 5) is 10.7. The van der Waals surface area contributed by atoms with E-state index < -0.39 is 4.92 Å². The minimum Gasteiger partial charge on any atom is -0.486 e. The van der Waals surface area contributed by atoms with Crippen LogP contribution in [0.1, 0.15) is 26.3 Å². The van der Waals surface area contributed by atoms with Gasteiger partial charge in [0, 0.05) is 11.5 Å². The topological polar surface area (TPSA) is 52.4 Å². The summed E-state index contributed by atoms with van der Waals surface area (Å²) in [6.07, 6.45) is 0. The first-order chi connectivity index (χ1) is 8.77. The first-order valence-corrected chi connectivity index (χ1v) is 6.88. The van der Waals surface area contributed by atoms with Crippen molar-refractivity contribution in [1.29, 1.82) is 0 Å². The molecular formula is C14H21NO3S. The molecule has 0 aromatic heterocycles. The highest BCUT2D eigenvalue weighted by molar-refractivity contribution is 7.80. The van der Waals surface area contributed by atoms with Crippen LogP contribution in [0.25, 0.3) is 0 Å². The first kappa shape index (κ1) is 15.8. The molecule has 1 aromatic rings. The summed E-state index contributed by atoms with van der Waals surface area (Å²) >= 11 is 4.33. The van der Waals surface area contributed by atoms with Crippen LogP contribution in [0.2, 0.25) is 0 Å². The highest BCUT2D eigenvalue weighted by Gasteiger charge is 2.25. The summed E-state index contributed by atoms with van der Waals surface area (Å²) in [6.45, 7) is 8.48. The quantitative estimate of drug-likeness (QED) is 0.507. The van der Waals surface area contributed by atoms with Crippen molar-refractivity contribution in [1.82, 2.24) is 0 Å². The zero-order chi connectivity index (χ0) is 14.6. The number of ether oxygens (including phenoxy) is 1. The Balaban J connectivity index is 2.89. The molecule has 0 aliphatic heterocycles. The van der Waals surface area contributed by atoms with Gasteiger partial charge in [0.05, 0.1) is 11.5 Å². The number of thiol groups is 1. The third-order valence-electron chi connectivity index (χ3n) is 3.27. The van der Waals surface area contributed by atoms with Crippen LogP contribution in [0.4, 0.5) is 5.69 Å². The zero-order valence-corrected chi connectivity index (χ0v) is 12.7. The second-order valence-electron chi connectivity index (χ2n) is 5.74. The fourth-order valence-electron chi connectivity index (χ4n) is 1.75. The summed E-state index contributed by atoms with van der Waals surface area (Å²) in [6, 6.07) is 5.12. The number of aryl methyl sites for hydroxylation is 1. The lowest BCUT2D eigenvalue weighted by Crippen LogP contribution is -2.28. The van der Waals surface area contributed by atoms with Gasteiger partial charge >= 0.3 is 5.69 Å². The van der Waals surface area contributed by atoms with E-state index in [1.54, 1.807) is 25.1 Å². The highest BCUT2D eigenvalue weighted by atomic mass is 32.1. The Morgan fingerprint density at radius 1 is 1.42 bits per heavy atom. The SMILES string of the molecule is Cc1cccc(OCC(CS)C(C)(C)C)c1[N+](=O)[O-]. The van der Waals surface area contributed by atoms with Gasteiger partial charge in [-0.2, -0.15) is 12.6 Å². The van der Waals surface area contributed by atoms with Gasteiger partial charge in [-0.3, -0.25) is 10.1 Å². The molecule has 0 spiro atoms. The monoisotopic (exact) mass is 283 g/mol. The fourth-order valence-corrected chi connectivity index (χ4v) is 2.40. The highest BCUT2D eigenvalue weighted by Crippen LogP contribution is 2.32. The summed E-state index contributed by atoms with van der Waals surface area (Å²) in [5.74, 6) is 1.25. The van der Waals surface area contributed by atoms with Crippen LogP contribution < -0.4 is 4.74 Å². The maximum Gasteiger partial charge on any atom is 0.313 e. The maximum absolute atomic E-state index is 11.1. The molecule has 1 rings (SSSR count). The summed E-state index contributed by atoms with van der Waals surface area (Å²) in [7, 11) is 0. The van der Waals surface area contributed by atoms with Crippen LogP contribution in [-0.2, 0) is 0 Å². The van der Waals surface area contributed by atoms with E-state index in [4.69, 9.17) is 4.74 Å². The van der Waals surface area contributed by atoms with Gasteiger partial charge in [0.25, 0.3) is 0 Å². The molecule has 0 N–H and O–H groups in total. The van der Waals surface area contributed by atoms with Crippen LogP contribution in [0.3, 0.4) is 0 Å². The molecule has 4 nitrogen and oxygen atoms in total. The molecule has 5 heteroatoms. The number of hydrogen-bond donors (Lipinski definition) is 1. The molecule has 0 heterocycles. The van der Waals surface area contributed by atoms with Gasteiger partial charge in [0.15, 0.2) is 5.75 Å². The molecular weight excluding hydrogens is 262 g/mol. The van der Waals surface area contributed by atoms with Gasteiger partial charge in [-0.1, -0.05) is 32.9 Å². The predicted molar refractivity (Wildman–Crippen MR) is 80.1 cm³/mol. The molecule has 0 bridgehead atoms. The number of nitro benzene ring substituents is 1. The smallest absolute Gasteiger partial charge is 0.313 e. The molecule has 106 valence electrons. The summed E-state index contributed by atoms with van der Waals surface area (Å²) < 4.78 is 5.67. The standard InChI is InChI=1S/C14H21NO3S/c1-10-6-5-7-12(13(10)15(16)17)18-8-11(9-19)14(2,3)4/h5-7,11,19H,8-9H2,1-4H3. The summed E-state index contributed by atoms with van der Waals surface area (Å²) in [5.41, 5.74) is 0.718. The molecule has 0 amide bonds. The predicted octanol–water partition coefficient (Wildman–Crippen LogP) is 3.87. The van der Waals surface area contributed by atoms with Crippen molar-refractivity contribution in [2.45, 2.75) is 27.7 Å². The van der Waals surface area contributed by atoms with Crippen LogP contribution in [0.15, 0.2) is 18.2 Å². The van der Waals surface area contributed by atoms with Gasteiger partial charge in [0.1, 0.15) is 0 Å². The van der Waals surface area contributed by atoms with E-state index in [1.807, 2.05) is 0 Å². The van der Waals surface area contributed by atoms with Gasteiger partial charge in [0.2, 0.25) is 0 Å². The van der Waals surface area contributed by atoms with Crippen LogP contribution >= 0.6 is 12.6 Å². The van der Waals surface area contributed by atoms with Gasteiger partial charge in [-0.25, -0.2) is 0 Å². The third-order valence-corrected chi connectivity index (χ3v) is 3.71. The normalized spacial score (nSPS) is 13.1.